The topological polar surface area (TPSA) is 33.3 Å². The van der Waals surface area contributed by atoms with E-state index in [1.807, 2.05) is 0 Å². The third-order valence-corrected chi connectivity index (χ3v) is 5.64. The molecule has 1 aromatic rings. The highest BCUT2D eigenvalue weighted by Crippen LogP contribution is 2.26. The molecule has 0 spiro atoms. The van der Waals surface area contributed by atoms with Gasteiger partial charge in [0.15, 0.2) is 0 Å². The standard InChI is InChI=1S/C21H34N2O/c1-17-6-5-9-20(23-17)16-22-19-10-12-21(13-11-19)24-15-14-18-7-3-2-4-8-18/h10-13,17-18,20,22-23H,2-9,14-16H2,1H3. The minimum Gasteiger partial charge on any atom is -0.494 e. The second kappa shape index (κ2) is 9.31. The lowest BCUT2D eigenvalue weighted by Gasteiger charge is -2.29. The Labute approximate surface area is 147 Å². The molecule has 2 unspecified atom stereocenters. The molecular weight excluding hydrogens is 296 g/mol. The number of benzene rings is 1. The van der Waals surface area contributed by atoms with E-state index in [4.69, 9.17) is 4.74 Å². The third kappa shape index (κ3) is 5.70. The molecule has 1 aromatic carbocycles. The van der Waals surface area contributed by atoms with E-state index in [1.165, 1.54) is 63.5 Å². The molecule has 1 aliphatic carbocycles. The van der Waals surface area contributed by atoms with Gasteiger partial charge in [0.25, 0.3) is 0 Å². The smallest absolute Gasteiger partial charge is 0.119 e. The second-order valence-corrected chi connectivity index (χ2v) is 7.74. The van der Waals surface area contributed by atoms with Crippen molar-refractivity contribution in [2.75, 3.05) is 18.5 Å². The highest BCUT2D eigenvalue weighted by molar-refractivity contribution is 5.46. The number of nitrogens with one attached hydrogen (secondary N) is 2. The van der Waals surface area contributed by atoms with E-state index in [1.54, 1.807) is 0 Å². The summed E-state index contributed by atoms with van der Waals surface area (Å²) in [6, 6.07) is 9.73. The average Bonchev–Trinajstić information content (AvgIpc) is 2.62. The van der Waals surface area contributed by atoms with Gasteiger partial charge in [0.1, 0.15) is 5.75 Å². The van der Waals surface area contributed by atoms with Crippen molar-refractivity contribution >= 4 is 5.69 Å². The maximum Gasteiger partial charge on any atom is 0.119 e. The lowest BCUT2D eigenvalue weighted by atomic mass is 9.87. The van der Waals surface area contributed by atoms with Crippen LogP contribution in [0.5, 0.6) is 5.75 Å². The zero-order valence-corrected chi connectivity index (χ0v) is 15.2. The monoisotopic (exact) mass is 330 g/mol. The Hall–Kier alpha value is -1.22. The molecule has 0 bridgehead atoms. The van der Waals surface area contributed by atoms with Crippen LogP contribution in [-0.2, 0) is 0 Å². The van der Waals surface area contributed by atoms with Gasteiger partial charge < -0.3 is 15.4 Å². The molecule has 3 heteroatoms. The lowest BCUT2D eigenvalue weighted by molar-refractivity contribution is 0.246. The lowest BCUT2D eigenvalue weighted by Crippen LogP contribution is -2.44. The predicted molar refractivity (Wildman–Crippen MR) is 102 cm³/mol. The van der Waals surface area contributed by atoms with Crippen LogP contribution in [0.1, 0.15) is 64.7 Å². The fourth-order valence-electron chi connectivity index (χ4n) is 4.13. The first-order valence-corrected chi connectivity index (χ1v) is 10.0. The van der Waals surface area contributed by atoms with Gasteiger partial charge in [-0.2, -0.15) is 0 Å². The van der Waals surface area contributed by atoms with Gasteiger partial charge in [-0.05, 0) is 56.4 Å². The van der Waals surface area contributed by atoms with Gasteiger partial charge in [0.05, 0.1) is 6.61 Å². The summed E-state index contributed by atoms with van der Waals surface area (Å²) in [6.07, 6.45) is 12.2. The van der Waals surface area contributed by atoms with Gasteiger partial charge in [-0.3, -0.25) is 0 Å². The summed E-state index contributed by atoms with van der Waals surface area (Å²) < 4.78 is 5.93. The molecule has 134 valence electrons. The van der Waals surface area contributed by atoms with E-state index in [-0.39, 0.29) is 0 Å². The normalized spacial score (nSPS) is 25.4. The van der Waals surface area contributed by atoms with Gasteiger partial charge >= 0.3 is 0 Å². The van der Waals surface area contributed by atoms with Crippen LogP contribution < -0.4 is 15.4 Å². The van der Waals surface area contributed by atoms with E-state index < -0.39 is 0 Å². The molecule has 0 amide bonds. The number of hydrogen-bond acceptors (Lipinski definition) is 3. The van der Waals surface area contributed by atoms with Crippen LogP contribution >= 0.6 is 0 Å². The van der Waals surface area contributed by atoms with Crippen LogP contribution in [0.15, 0.2) is 24.3 Å². The molecule has 1 saturated heterocycles. The number of hydrogen-bond donors (Lipinski definition) is 2. The van der Waals surface area contributed by atoms with E-state index in [0.717, 1.165) is 24.8 Å². The van der Waals surface area contributed by atoms with Crippen molar-refractivity contribution in [1.82, 2.24) is 5.32 Å². The molecule has 3 rings (SSSR count). The molecule has 0 radical (unpaired) electrons. The van der Waals surface area contributed by atoms with Crippen molar-refractivity contribution < 1.29 is 4.74 Å². The third-order valence-electron chi connectivity index (χ3n) is 5.64. The molecule has 2 aliphatic rings. The van der Waals surface area contributed by atoms with Gasteiger partial charge in [-0.1, -0.05) is 38.5 Å². The Morgan fingerprint density at radius 1 is 1.00 bits per heavy atom. The summed E-state index contributed by atoms with van der Waals surface area (Å²) in [6.45, 7) is 4.15. The van der Waals surface area contributed by atoms with E-state index in [9.17, 15) is 0 Å². The van der Waals surface area contributed by atoms with Gasteiger partial charge in [0, 0.05) is 24.3 Å². The van der Waals surface area contributed by atoms with Crippen LogP contribution in [0.3, 0.4) is 0 Å². The van der Waals surface area contributed by atoms with Gasteiger partial charge in [-0.25, -0.2) is 0 Å². The average molecular weight is 331 g/mol. The molecule has 3 nitrogen and oxygen atoms in total. The Balaban J connectivity index is 1.35. The Bertz CT molecular complexity index is 467. The van der Waals surface area contributed by atoms with Crippen LogP contribution in [0.25, 0.3) is 0 Å². The van der Waals surface area contributed by atoms with E-state index in [2.05, 4.69) is 41.8 Å². The fourth-order valence-corrected chi connectivity index (χ4v) is 4.13. The first kappa shape index (κ1) is 17.6. The highest BCUT2D eigenvalue weighted by atomic mass is 16.5. The molecule has 1 heterocycles. The highest BCUT2D eigenvalue weighted by Gasteiger charge is 2.17. The number of anilines is 1. The number of rotatable bonds is 7. The Kier molecular flexibility index (Phi) is 6.83. The van der Waals surface area contributed by atoms with Crippen LogP contribution in [0.4, 0.5) is 5.69 Å². The summed E-state index contributed by atoms with van der Waals surface area (Å²) in [5.74, 6) is 1.89. The van der Waals surface area contributed by atoms with Crippen LogP contribution in [0.2, 0.25) is 0 Å². The molecule has 1 aliphatic heterocycles. The van der Waals surface area contributed by atoms with Crippen molar-refractivity contribution in [2.24, 2.45) is 5.92 Å². The molecule has 2 atom stereocenters. The minimum absolute atomic E-state index is 0.597. The first-order valence-electron chi connectivity index (χ1n) is 10.0. The van der Waals surface area contributed by atoms with Crippen molar-refractivity contribution in [3.05, 3.63) is 24.3 Å². The summed E-state index contributed by atoms with van der Waals surface area (Å²) >= 11 is 0. The molecule has 2 N–H and O–H groups in total. The van der Waals surface area contributed by atoms with Crippen LogP contribution in [-0.4, -0.2) is 25.2 Å². The van der Waals surface area contributed by atoms with Gasteiger partial charge in [-0.15, -0.1) is 0 Å². The summed E-state index contributed by atoms with van der Waals surface area (Å²) in [4.78, 5) is 0. The fraction of sp³-hybridized carbons (Fsp3) is 0.714. The van der Waals surface area contributed by atoms with E-state index in [0.29, 0.717) is 12.1 Å². The van der Waals surface area contributed by atoms with Crippen LogP contribution in [0, 0.1) is 5.92 Å². The maximum atomic E-state index is 5.93. The molecular formula is C21H34N2O. The summed E-state index contributed by atoms with van der Waals surface area (Å²) in [5.41, 5.74) is 1.19. The summed E-state index contributed by atoms with van der Waals surface area (Å²) in [7, 11) is 0. The Morgan fingerprint density at radius 3 is 2.54 bits per heavy atom. The van der Waals surface area contributed by atoms with Crippen molar-refractivity contribution in [3.63, 3.8) is 0 Å². The van der Waals surface area contributed by atoms with Crippen molar-refractivity contribution in [2.45, 2.75) is 76.8 Å². The SMILES string of the molecule is CC1CCCC(CNc2ccc(OCCC3CCCCC3)cc2)N1. The molecule has 1 saturated carbocycles. The predicted octanol–water partition coefficient (Wildman–Crippen LogP) is 4.98. The molecule has 0 aromatic heterocycles. The molecule has 24 heavy (non-hydrogen) atoms. The molecule has 2 fully saturated rings. The first-order chi connectivity index (χ1) is 11.8. The minimum atomic E-state index is 0.597. The number of piperidine rings is 1. The maximum absolute atomic E-state index is 5.93. The summed E-state index contributed by atoms with van der Waals surface area (Å²) in [5, 5.41) is 7.22. The zero-order valence-electron chi connectivity index (χ0n) is 15.2. The second-order valence-electron chi connectivity index (χ2n) is 7.74. The Morgan fingerprint density at radius 2 is 1.79 bits per heavy atom. The largest absolute Gasteiger partial charge is 0.494 e. The van der Waals surface area contributed by atoms with Crippen molar-refractivity contribution in [3.8, 4) is 5.75 Å². The quantitative estimate of drug-likeness (QED) is 0.740. The van der Waals surface area contributed by atoms with Gasteiger partial charge in [0.2, 0.25) is 0 Å². The van der Waals surface area contributed by atoms with E-state index >= 15 is 0 Å². The van der Waals surface area contributed by atoms with Crippen molar-refractivity contribution in [1.29, 1.82) is 0 Å². The number of ether oxygens (including phenoxy) is 1. The zero-order chi connectivity index (χ0) is 16.6.